The van der Waals surface area contributed by atoms with Gasteiger partial charge in [-0.2, -0.15) is 5.10 Å². The number of rotatable bonds is 5. The fourth-order valence-electron chi connectivity index (χ4n) is 1.87. The van der Waals surface area contributed by atoms with E-state index in [1.165, 1.54) is 0 Å². The number of aromatic nitrogens is 2. The van der Waals surface area contributed by atoms with E-state index < -0.39 is 5.91 Å². The number of anilines is 1. The number of hydrogen-bond acceptors (Lipinski definition) is 4. The van der Waals surface area contributed by atoms with E-state index in [0.717, 1.165) is 22.6 Å². The molecule has 0 aliphatic carbocycles. The summed E-state index contributed by atoms with van der Waals surface area (Å²) in [6.07, 6.45) is 2.02. The van der Waals surface area contributed by atoms with Gasteiger partial charge in [0.15, 0.2) is 0 Å². The van der Waals surface area contributed by atoms with Crippen LogP contribution < -0.4 is 10.8 Å². The highest BCUT2D eigenvalue weighted by Gasteiger charge is 2.02. The molecule has 2 aromatic rings. The highest BCUT2D eigenvalue weighted by atomic mass is 16.5. The van der Waals surface area contributed by atoms with E-state index in [-0.39, 0.29) is 0 Å². The molecule has 0 saturated heterocycles. The Kier molecular flexibility index (Phi) is 4.73. The summed E-state index contributed by atoms with van der Waals surface area (Å²) >= 11 is 0. The quantitative estimate of drug-likeness (QED) is 0.501. The van der Waals surface area contributed by atoms with Gasteiger partial charge in [-0.15, -0.1) is 0 Å². The number of hydroxylamine groups is 1. The Morgan fingerprint density at radius 1 is 1.38 bits per heavy atom. The van der Waals surface area contributed by atoms with E-state index in [0.29, 0.717) is 12.1 Å². The van der Waals surface area contributed by atoms with Crippen molar-refractivity contribution in [1.82, 2.24) is 15.7 Å². The topological polar surface area (TPSA) is 90.0 Å². The molecule has 1 amide bonds. The summed E-state index contributed by atoms with van der Waals surface area (Å²) in [6.45, 7) is 4.65. The Hall–Kier alpha value is -2.60. The minimum Gasteiger partial charge on any atom is -0.365 e. The number of benzene rings is 1. The average Bonchev–Trinajstić information content (AvgIpc) is 2.91. The summed E-state index contributed by atoms with van der Waals surface area (Å²) in [5.74, 6) is 0.299. The van der Waals surface area contributed by atoms with Gasteiger partial charge in [-0.05, 0) is 31.5 Å². The predicted octanol–water partition coefficient (Wildman–Crippen LogP) is 2.35. The van der Waals surface area contributed by atoms with Crippen LogP contribution in [0.3, 0.4) is 0 Å². The number of carbonyl (C=O) groups is 1. The summed E-state index contributed by atoms with van der Waals surface area (Å²) < 4.78 is 0. The number of carbonyl (C=O) groups excluding carboxylic acids is 1. The Morgan fingerprint density at radius 2 is 2.10 bits per heavy atom. The summed E-state index contributed by atoms with van der Waals surface area (Å²) in [6, 6.07) is 8.92. The maximum atomic E-state index is 11.2. The van der Waals surface area contributed by atoms with Crippen molar-refractivity contribution in [2.24, 2.45) is 0 Å². The first kappa shape index (κ1) is 14.8. The molecule has 6 nitrogen and oxygen atoms in total. The van der Waals surface area contributed by atoms with E-state index in [1.807, 2.05) is 38.1 Å². The van der Waals surface area contributed by atoms with Crippen LogP contribution in [0.5, 0.6) is 0 Å². The second-order valence-electron chi connectivity index (χ2n) is 4.84. The molecular weight excluding hydrogens is 268 g/mol. The van der Waals surface area contributed by atoms with Crippen LogP contribution >= 0.6 is 0 Å². The van der Waals surface area contributed by atoms with Crippen LogP contribution in [0.25, 0.3) is 6.08 Å². The molecule has 1 aromatic carbocycles. The fourth-order valence-corrected chi connectivity index (χ4v) is 1.87. The molecule has 0 unspecified atom stereocenters. The predicted molar refractivity (Wildman–Crippen MR) is 81.2 cm³/mol. The zero-order valence-electron chi connectivity index (χ0n) is 12.0. The molecule has 0 radical (unpaired) electrons. The number of aromatic amines is 1. The molecule has 1 aromatic heterocycles. The third-order valence-corrected chi connectivity index (χ3v) is 2.94. The van der Waals surface area contributed by atoms with E-state index in [2.05, 4.69) is 15.5 Å². The van der Waals surface area contributed by atoms with Gasteiger partial charge >= 0.3 is 0 Å². The van der Waals surface area contributed by atoms with E-state index in [4.69, 9.17) is 5.21 Å². The third-order valence-electron chi connectivity index (χ3n) is 2.94. The molecule has 6 heteroatoms. The average molecular weight is 286 g/mol. The fraction of sp³-hybridized carbons (Fsp3) is 0.200. The van der Waals surface area contributed by atoms with Gasteiger partial charge in [-0.3, -0.25) is 15.1 Å². The first-order valence-corrected chi connectivity index (χ1v) is 6.56. The molecular formula is C15H18N4O2. The third kappa shape index (κ3) is 4.19. The number of nitrogens with one attached hydrogen (secondary N) is 3. The molecule has 0 saturated carbocycles. The lowest BCUT2D eigenvalue weighted by Gasteiger charge is -2.04. The molecule has 21 heavy (non-hydrogen) atoms. The van der Waals surface area contributed by atoms with Gasteiger partial charge in [-0.25, -0.2) is 5.48 Å². The van der Waals surface area contributed by atoms with Crippen molar-refractivity contribution < 1.29 is 10.0 Å². The van der Waals surface area contributed by atoms with Gasteiger partial charge < -0.3 is 5.32 Å². The van der Waals surface area contributed by atoms with Crippen molar-refractivity contribution in [3.8, 4) is 0 Å². The Bertz CT molecular complexity index is 644. The van der Waals surface area contributed by atoms with Crippen LogP contribution in [0, 0.1) is 6.92 Å². The molecule has 0 spiro atoms. The largest absolute Gasteiger partial charge is 0.365 e. The lowest BCUT2D eigenvalue weighted by atomic mass is 10.1. The number of nitrogens with zero attached hydrogens (tertiary/aromatic N) is 1. The van der Waals surface area contributed by atoms with Crippen molar-refractivity contribution in [3.05, 3.63) is 52.7 Å². The van der Waals surface area contributed by atoms with Crippen molar-refractivity contribution in [3.63, 3.8) is 0 Å². The van der Waals surface area contributed by atoms with Crippen molar-refractivity contribution >= 4 is 17.8 Å². The maximum Gasteiger partial charge on any atom is 0.274 e. The van der Waals surface area contributed by atoms with Crippen LogP contribution in [0.4, 0.5) is 5.82 Å². The van der Waals surface area contributed by atoms with Crippen LogP contribution in [0.15, 0.2) is 35.9 Å². The van der Waals surface area contributed by atoms with Gasteiger partial charge in [0.2, 0.25) is 0 Å². The van der Waals surface area contributed by atoms with Gasteiger partial charge in [0.25, 0.3) is 5.91 Å². The second-order valence-corrected chi connectivity index (χ2v) is 4.84. The smallest absolute Gasteiger partial charge is 0.274 e. The molecule has 0 atom stereocenters. The highest BCUT2D eigenvalue weighted by molar-refractivity contribution is 5.93. The second kappa shape index (κ2) is 6.71. The highest BCUT2D eigenvalue weighted by Crippen LogP contribution is 2.10. The molecule has 0 aliphatic rings. The number of hydrogen-bond donors (Lipinski definition) is 4. The SMILES string of the molecule is C/C(=C\c1ccc(C(=O)NO)cc1)CNc1cc(C)[nH]n1. The van der Waals surface area contributed by atoms with E-state index >= 15 is 0 Å². The summed E-state index contributed by atoms with van der Waals surface area (Å²) in [5, 5.41) is 18.7. The zero-order chi connectivity index (χ0) is 15.2. The van der Waals surface area contributed by atoms with Crippen molar-refractivity contribution in [2.45, 2.75) is 13.8 Å². The molecule has 0 fully saturated rings. The molecule has 4 N–H and O–H groups in total. The first-order chi connectivity index (χ1) is 10.1. The maximum absolute atomic E-state index is 11.2. The van der Waals surface area contributed by atoms with E-state index in [1.54, 1.807) is 17.6 Å². The van der Waals surface area contributed by atoms with Gasteiger partial charge in [-0.1, -0.05) is 23.8 Å². The van der Waals surface area contributed by atoms with Gasteiger partial charge in [0.05, 0.1) is 0 Å². The minimum atomic E-state index is -0.516. The molecule has 110 valence electrons. The van der Waals surface area contributed by atoms with Gasteiger partial charge in [0, 0.05) is 23.9 Å². The molecule has 0 aliphatic heterocycles. The van der Waals surface area contributed by atoms with Crippen LogP contribution in [-0.4, -0.2) is 27.9 Å². The number of H-pyrrole nitrogens is 1. The standard InChI is InChI=1S/C15H18N4O2/c1-10(9-16-14-8-11(2)17-18-14)7-12-3-5-13(6-4-12)15(20)19-21/h3-8,21H,9H2,1-2H3,(H,19,20)(H2,16,17,18)/b10-7+. The Labute approximate surface area is 122 Å². The molecule has 0 bridgehead atoms. The summed E-state index contributed by atoms with van der Waals surface area (Å²) in [4.78, 5) is 11.2. The van der Waals surface area contributed by atoms with Crippen molar-refractivity contribution in [2.75, 3.05) is 11.9 Å². The first-order valence-electron chi connectivity index (χ1n) is 6.56. The monoisotopic (exact) mass is 286 g/mol. The van der Waals surface area contributed by atoms with Crippen LogP contribution in [-0.2, 0) is 0 Å². The molecule has 2 rings (SSSR count). The Balaban J connectivity index is 1.96. The Morgan fingerprint density at radius 3 is 2.67 bits per heavy atom. The zero-order valence-corrected chi connectivity index (χ0v) is 12.0. The summed E-state index contributed by atoms with van der Waals surface area (Å²) in [5.41, 5.74) is 5.16. The summed E-state index contributed by atoms with van der Waals surface area (Å²) in [7, 11) is 0. The van der Waals surface area contributed by atoms with Crippen LogP contribution in [0.2, 0.25) is 0 Å². The number of aryl methyl sites for hydroxylation is 1. The van der Waals surface area contributed by atoms with Crippen molar-refractivity contribution in [1.29, 1.82) is 0 Å². The lowest BCUT2D eigenvalue weighted by Crippen LogP contribution is -2.18. The minimum absolute atomic E-state index is 0.414. The number of amides is 1. The van der Waals surface area contributed by atoms with E-state index in [9.17, 15) is 4.79 Å². The van der Waals surface area contributed by atoms with Gasteiger partial charge in [0.1, 0.15) is 5.82 Å². The normalized spacial score (nSPS) is 11.3. The molecule has 1 heterocycles. The van der Waals surface area contributed by atoms with Crippen LogP contribution in [0.1, 0.15) is 28.5 Å². The lowest BCUT2D eigenvalue weighted by molar-refractivity contribution is 0.0706.